The van der Waals surface area contributed by atoms with Crippen LogP contribution in [0.1, 0.15) is 21.6 Å². The molecule has 31 heavy (non-hydrogen) atoms. The summed E-state index contributed by atoms with van der Waals surface area (Å²) in [6.45, 7) is 1.03. The molecule has 1 atom stereocenters. The number of amides is 2. The van der Waals surface area contributed by atoms with Crippen LogP contribution >= 0.6 is 11.6 Å². The Kier molecular flexibility index (Phi) is 4.90. The molecule has 2 aliphatic rings. The molecule has 0 N–H and O–H groups in total. The lowest BCUT2D eigenvalue weighted by atomic mass is 10.0. The number of hydrogen-bond acceptors (Lipinski definition) is 4. The van der Waals surface area contributed by atoms with Gasteiger partial charge < -0.3 is 14.5 Å². The van der Waals surface area contributed by atoms with E-state index in [0.29, 0.717) is 41.7 Å². The molecule has 0 unspecified atom stereocenters. The highest BCUT2D eigenvalue weighted by Crippen LogP contribution is 2.32. The molecule has 8 heteroatoms. The van der Waals surface area contributed by atoms with Crippen LogP contribution in [0.2, 0.25) is 5.02 Å². The topological polar surface area (TPSA) is 67.7 Å². The molecule has 7 nitrogen and oxygen atoms in total. The monoisotopic (exact) mass is 436 g/mol. The minimum absolute atomic E-state index is 0.113. The van der Waals surface area contributed by atoms with E-state index >= 15 is 0 Å². The number of likely N-dealkylation sites (N-methyl/N-ethyl adjacent to an activating group) is 1. The molecule has 0 spiro atoms. The smallest absolute Gasteiger partial charge is 0.275 e. The van der Waals surface area contributed by atoms with Gasteiger partial charge in [0.25, 0.3) is 11.8 Å². The largest absolute Gasteiger partial charge is 0.489 e. The molecule has 0 saturated heterocycles. The average Bonchev–Trinajstić information content (AvgIpc) is 3.15. The zero-order valence-electron chi connectivity index (χ0n) is 17.0. The molecule has 2 aromatic carbocycles. The fraction of sp³-hybridized carbons (Fsp3) is 0.261. The van der Waals surface area contributed by atoms with Gasteiger partial charge in [0.15, 0.2) is 5.69 Å². The van der Waals surface area contributed by atoms with E-state index in [9.17, 15) is 9.59 Å². The predicted octanol–water partition coefficient (Wildman–Crippen LogP) is 3.01. The minimum Gasteiger partial charge on any atom is -0.489 e. The van der Waals surface area contributed by atoms with Gasteiger partial charge in [0.05, 0.1) is 12.2 Å². The Labute approximate surface area is 184 Å². The number of ether oxygens (including phenoxy) is 1. The van der Waals surface area contributed by atoms with Gasteiger partial charge >= 0.3 is 0 Å². The van der Waals surface area contributed by atoms with E-state index in [1.54, 1.807) is 21.5 Å². The van der Waals surface area contributed by atoms with Crippen molar-refractivity contribution in [2.45, 2.75) is 19.0 Å². The lowest BCUT2D eigenvalue weighted by Crippen LogP contribution is -2.54. The number of fused-ring (bicyclic) bond motifs is 2. The maximum absolute atomic E-state index is 13.3. The van der Waals surface area contributed by atoms with Crippen LogP contribution in [0.15, 0.2) is 54.7 Å². The molecule has 1 aromatic heterocycles. The van der Waals surface area contributed by atoms with E-state index in [-0.39, 0.29) is 18.4 Å². The number of para-hydroxylation sites is 2. The van der Waals surface area contributed by atoms with Crippen LogP contribution in [0, 0.1) is 0 Å². The molecule has 0 aliphatic carbocycles. The molecule has 5 rings (SSSR count). The number of nitrogens with zero attached hydrogens (tertiary/aromatic N) is 4. The second-order valence-electron chi connectivity index (χ2n) is 7.73. The number of anilines is 1. The molecule has 0 bridgehead atoms. The lowest BCUT2D eigenvalue weighted by molar-refractivity contribution is -0.123. The SMILES string of the molecule is CN1C(=O)[C@@H](N2CCc3cn(Cc4ccccc4Cl)nc3C2=O)COc2ccccc21. The van der Waals surface area contributed by atoms with Gasteiger partial charge in [-0.05, 0) is 30.2 Å². The van der Waals surface area contributed by atoms with Crippen LogP contribution in [-0.4, -0.2) is 52.7 Å². The summed E-state index contributed by atoms with van der Waals surface area (Å²) in [7, 11) is 1.71. The summed E-state index contributed by atoms with van der Waals surface area (Å²) in [5.74, 6) is 0.215. The summed E-state index contributed by atoms with van der Waals surface area (Å²) in [5.41, 5.74) is 2.90. The summed E-state index contributed by atoms with van der Waals surface area (Å²) >= 11 is 6.27. The Morgan fingerprint density at radius 2 is 1.90 bits per heavy atom. The molecular formula is C23H21ClN4O3. The number of aromatic nitrogens is 2. The van der Waals surface area contributed by atoms with E-state index in [4.69, 9.17) is 16.3 Å². The first-order valence-electron chi connectivity index (χ1n) is 10.1. The predicted molar refractivity (Wildman–Crippen MR) is 117 cm³/mol. The molecule has 158 valence electrons. The Hall–Kier alpha value is -3.32. The van der Waals surface area contributed by atoms with Crippen molar-refractivity contribution in [2.75, 3.05) is 25.1 Å². The summed E-state index contributed by atoms with van der Waals surface area (Å²) in [6.07, 6.45) is 2.52. The number of hydrogen-bond donors (Lipinski definition) is 0. The first-order chi connectivity index (χ1) is 15.0. The summed E-state index contributed by atoms with van der Waals surface area (Å²) in [6, 6.07) is 14.2. The molecule has 3 heterocycles. The number of benzene rings is 2. The highest BCUT2D eigenvalue weighted by atomic mass is 35.5. The van der Waals surface area contributed by atoms with E-state index in [1.165, 1.54) is 0 Å². The molecular weight excluding hydrogens is 416 g/mol. The molecule has 0 fully saturated rings. The van der Waals surface area contributed by atoms with Crippen molar-refractivity contribution in [1.82, 2.24) is 14.7 Å². The third-order valence-corrected chi connectivity index (χ3v) is 6.20. The lowest BCUT2D eigenvalue weighted by Gasteiger charge is -2.33. The quantitative estimate of drug-likeness (QED) is 0.633. The zero-order chi connectivity index (χ0) is 21.5. The Morgan fingerprint density at radius 3 is 2.74 bits per heavy atom. The van der Waals surface area contributed by atoms with Gasteiger partial charge in [-0.1, -0.05) is 41.9 Å². The summed E-state index contributed by atoms with van der Waals surface area (Å²) in [4.78, 5) is 29.6. The van der Waals surface area contributed by atoms with Crippen LogP contribution in [0.4, 0.5) is 5.69 Å². The Balaban J connectivity index is 1.39. The van der Waals surface area contributed by atoms with Crippen molar-refractivity contribution in [2.24, 2.45) is 0 Å². The number of carbonyl (C=O) groups is 2. The van der Waals surface area contributed by atoms with Crippen molar-refractivity contribution in [1.29, 1.82) is 0 Å². The highest BCUT2D eigenvalue weighted by molar-refractivity contribution is 6.31. The van der Waals surface area contributed by atoms with Gasteiger partial charge in [0, 0.05) is 30.4 Å². The van der Waals surface area contributed by atoms with Gasteiger partial charge in [-0.15, -0.1) is 0 Å². The van der Waals surface area contributed by atoms with Gasteiger partial charge in [0.1, 0.15) is 18.4 Å². The first-order valence-corrected chi connectivity index (χ1v) is 10.5. The molecule has 2 aliphatic heterocycles. The maximum atomic E-state index is 13.3. The van der Waals surface area contributed by atoms with Gasteiger partial charge in [-0.3, -0.25) is 14.3 Å². The fourth-order valence-electron chi connectivity index (χ4n) is 4.15. The average molecular weight is 437 g/mol. The maximum Gasteiger partial charge on any atom is 0.275 e. The normalized spacial score (nSPS) is 18.3. The standard InChI is InChI=1S/C23H21ClN4O3/c1-26-18-8-4-5-9-20(18)31-14-19(22(26)29)28-11-10-16-13-27(25-21(16)23(28)30)12-15-6-2-3-7-17(15)24/h2-9,13,19H,10-12,14H2,1H3/t19-/m0/s1. The molecule has 3 aromatic rings. The van der Waals surface area contributed by atoms with Crippen LogP contribution in [0.5, 0.6) is 5.75 Å². The Bertz CT molecular complexity index is 1180. The number of halogens is 1. The molecule has 2 amide bonds. The number of rotatable bonds is 3. The van der Waals surface area contributed by atoms with Crippen LogP contribution < -0.4 is 9.64 Å². The van der Waals surface area contributed by atoms with Crippen molar-refractivity contribution >= 4 is 29.1 Å². The third kappa shape index (κ3) is 3.45. The van der Waals surface area contributed by atoms with Crippen molar-refractivity contribution < 1.29 is 14.3 Å². The van der Waals surface area contributed by atoms with E-state index < -0.39 is 6.04 Å². The third-order valence-electron chi connectivity index (χ3n) is 5.83. The van der Waals surface area contributed by atoms with E-state index in [2.05, 4.69) is 5.10 Å². The first kappa shape index (κ1) is 19.6. The van der Waals surface area contributed by atoms with Gasteiger partial charge in [0.2, 0.25) is 0 Å². The molecule has 0 radical (unpaired) electrons. The summed E-state index contributed by atoms with van der Waals surface area (Å²) < 4.78 is 7.63. The zero-order valence-corrected chi connectivity index (χ0v) is 17.7. The second-order valence-corrected chi connectivity index (χ2v) is 8.14. The number of carbonyl (C=O) groups excluding carboxylic acids is 2. The minimum atomic E-state index is -0.702. The van der Waals surface area contributed by atoms with Crippen LogP contribution in [0.3, 0.4) is 0 Å². The van der Waals surface area contributed by atoms with Crippen LogP contribution in [-0.2, 0) is 17.8 Å². The van der Waals surface area contributed by atoms with E-state index in [0.717, 1.165) is 11.1 Å². The second kappa shape index (κ2) is 7.74. The molecule has 0 saturated carbocycles. The van der Waals surface area contributed by atoms with Crippen molar-refractivity contribution in [3.63, 3.8) is 0 Å². The summed E-state index contributed by atoms with van der Waals surface area (Å²) in [5, 5.41) is 5.18. The van der Waals surface area contributed by atoms with Crippen LogP contribution in [0.25, 0.3) is 0 Å². The van der Waals surface area contributed by atoms with Gasteiger partial charge in [-0.2, -0.15) is 5.10 Å². The van der Waals surface area contributed by atoms with E-state index in [1.807, 2.05) is 54.7 Å². The Morgan fingerprint density at radius 1 is 1.13 bits per heavy atom. The van der Waals surface area contributed by atoms with Crippen molar-refractivity contribution in [3.05, 3.63) is 76.6 Å². The van der Waals surface area contributed by atoms with Gasteiger partial charge in [-0.25, -0.2) is 0 Å². The van der Waals surface area contributed by atoms with Crippen molar-refractivity contribution in [3.8, 4) is 5.75 Å². The fourth-order valence-corrected chi connectivity index (χ4v) is 4.34. The highest BCUT2D eigenvalue weighted by Gasteiger charge is 2.39.